The Balaban J connectivity index is 2.74. The highest BCUT2D eigenvalue weighted by atomic mass is 35.5. The zero-order chi connectivity index (χ0) is 14.0. The molecule has 0 atom stereocenters. The van der Waals surface area contributed by atoms with Crippen LogP contribution in [0.25, 0.3) is 11.1 Å². The summed E-state index contributed by atoms with van der Waals surface area (Å²) in [5, 5.41) is 0.639. The monoisotopic (exact) mass is 299 g/mol. The van der Waals surface area contributed by atoms with Crippen LogP contribution >= 0.6 is 23.2 Å². The summed E-state index contributed by atoms with van der Waals surface area (Å²) in [5.74, 6) is -1.49. The van der Waals surface area contributed by atoms with Crippen LogP contribution in [0.1, 0.15) is 10.4 Å². The van der Waals surface area contributed by atoms with Crippen LogP contribution in [0.2, 0.25) is 10.0 Å². The van der Waals surface area contributed by atoms with Crippen LogP contribution < -0.4 is 0 Å². The summed E-state index contributed by atoms with van der Waals surface area (Å²) in [4.78, 5) is 15.2. The number of carbonyl (C=O) groups is 1. The van der Waals surface area contributed by atoms with E-state index >= 15 is 0 Å². The highest BCUT2D eigenvalue weighted by Crippen LogP contribution is 2.34. The maximum atomic E-state index is 13.9. The van der Waals surface area contributed by atoms with E-state index in [9.17, 15) is 9.18 Å². The number of aromatic nitrogens is 1. The van der Waals surface area contributed by atoms with Gasteiger partial charge in [-0.05, 0) is 24.3 Å². The quantitative estimate of drug-likeness (QED) is 0.622. The topological polar surface area (TPSA) is 39.2 Å². The Labute approximate surface area is 118 Å². The van der Waals surface area contributed by atoms with Crippen LogP contribution in [-0.4, -0.2) is 18.1 Å². The van der Waals surface area contributed by atoms with Crippen LogP contribution in [0, 0.1) is 5.95 Å². The smallest absolute Gasteiger partial charge is 0.338 e. The number of halogens is 3. The molecule has 0 saturated heterocycles. The minimum atomic E-state index is -0.813. The molecule has 2 rings (SSSR count). The van der Waals surface area contributed by atoms with E-state index in [0.29, 0.717) is 10.6 Å². The fourth-order valence-electron chi connectivity index (χ4n) is 1.66. The summed E-state index contributed by atoms with van der Waals surface area (Å²) >= 11 is 11.9. The van der Waals surface area contributed by atoms with E-state index in [1.165, 1.54) is 31.5 Å². The molecule has 0 aliphatic rings. The average Bonchev–Trinajstić information content (AvgIpc) is 2.40. The largest absolute Gasteiger partial charge is 0.465 e. The Morgan fingerprint density at radius 3 is 2.74 bits per heavy atom. The molecule has 0 aliphatic heterocycles. The van der Waals surface area contributed by atoms with E-state index in [0.717, 1.165) is 0 Å². The van der Waals surface area contributed by atoms with Crippen molar-refractivity contribution in [1.29, 1.82) is 0 Å². The van der Waals surface area contributed by atoms with Gasteiger partial charge in [0.2, 0.25) is 5.95 Å². The summed E-state index contributed by atoms with van der Waals surface area (Å²) in [6.07, 6.45) is 1.18. The van der Waals surface area contributed by atoms with Gasteiger partial charge in [-0.1, -0.05) is 23.2 Å². The van der Waals surface area contributed by atoms with Crippen LogP contribution in [-0.2, 0) is 4.74 Å². The first-order chi connectivity index (χ1) is 9.04. The Morgan fingerprint density at radius 1 is 1.32 bits per heavy atom. The van der Waals surface area contributed by atoms with Gasteiger partial charge in [0.15, 0.2) is 0 Å². The molecule has 0 unspecified atom stereocenters. The first-order valence-electron chi connectivity index (χ1n) is 5.23. The van der Waals surface area contributed by atoms with E-state index in [4.69, 9.17) is 23.2 Å². The van der Waals surface area contributed by atoms with Crippen LogP contribution in [0.3, 0.4) is 0 Å². The normalized spacial score (nSPS) is 10.3. The van der Waals surface area contributed by atoms with Gasteiger partial charge in [-0.2, -0.15) is 4.39 Å². The van der Waals surface area contributed by atoms with Gasteiger partial charge >= 0.3 is 5.97 Å². The molecule has 1 heterocycles. The van der Waals surface area contributed by atoms with E-state index in [-0.39, 0.29) is 16.1 Å². The second-order valence-corrected chi connectivity index (χ2v) is 4.48. The highest BCUT2D eigenvalue weighted by molar-refractivity contribution is 6.35. The van der Waals surface area contributed by atoms with Crippen LogP contribution in [0.4, 0.5) is 4.39 Å². The second-order valence-electron chi connectivity index (χ2n) is 3.64. The first kappa shape index (κ1) is 13.8. The lowest BCUT2D eigenvalue weighted by molar-refractivity contribution is 0.0601. The predicted octanol–water partition coefficient (Wildman–Crippen LogP) is 3.98. The van der Waals surface area contributed by atoms with Gasteiger partial charge in [-0.25, -0.2) is 9.78 Å². The van der Waals surface area contributed by atoms with Crippen LogP contribution in [0.5, 0.6) is 0 Å². The molecule has 19 heavy (non-hydrogen) atoms. The average molecular weight is 300 g/mol. The Hall–Kier alpha value is -1.65. The fourth-order valence-corrected chi connectivity index (χ4v) is 2.05. The van der Waals surface area contributed by atoms with Gasteiger partial charge in [-0.15, -0.1) is 0 Å². The summed E-state index contributed by atoms with van der Waals surface area (Å²) in [6, 6.07) is 5.92. The molecule has 1 aromatic carbocycles. The summed E-state index contributed by atoms with van der Waals surface area (Å²) in [6.45, 7) is 0. The number of methoxy groups -OCH3 is 1. The predicted molar refractivity (Wildman–Crippen MR) is 71.0 cm³/mol. The standard InChI is InChI=1S/C13H8Cl2FNO2/c1-19-13(18)8-4-5-17-12(16)11(8)9-6-7(14)2-3-10(9)15/h2-6H,1H3. The molecule has 0 fully saturated rings. The van der Waals surface area contributed by atoms with Gasteiger partial charge in [0, 0.05) is 21.8 Å². The first-order valence-corrected chi connectivity index (χ1v) is 5.98. The maximum Gasteiger partial charge on any atom is 0.338 e. The van der Waals surface area contributed by atoms with Crippen molar-refractivity contribution in [3.8, 4) is 11.1 Å². The van der Waals surface area contributed by atoms with E-state index in [1.807, 2.05) is 0 Å². The molecule has 2 aromatic rings. The number of carbonyl (C=O) groups excluding carboxylic acids is 1. The zero-order valence-electron chi connectivity index (χ0n) is 9.78. The molecule has 0 spiro atoms. The Bertz CT molecular complexity index is 647. The van der Waals surface area contributed by atoms with Crippen molar-refractivity contribution in [3.05, 3.63) is 52.0 Å². The van der Waals surface area contributed by atoms with Crippen molar-refractivity contribution in [2.75, 3.05) is 7.11 Å². The van der Waals surface area contributed by atoms with Gasteiger partial charge in [0.25, 0.3) is 0 Å². The molecule has 0 N–H and O–H groups in total. The minimum Gasteiger partial charge on any atom is -0.465 e. The molecule has 0 radical (unpaired) electrons. The van der Waals surface area contributed by atoms with Crippen molar-refractivity contribution in [1.82, 2.24) is 4.98 Å². The fraction of sp³-hybridized carbons (Fsp3) is 0.0769. The lowest BCUT2D eigenvalue weighted by atomic mass is 10.0. The molecule has 0 bridgehead atoms. The summed E-state index contributed by atoms with van der Waals surface area (Å²) in [7, 11) is 1.21. The summed E-state index contributed by atoms with van der Waals surface area (Å²) in [5.41, 5.74) is 0.307. The number of hydrogen-bond donors (Lipinski definition) is 0. The lowest BCUT2D eigenvalue weighted by Crippen LogP contribution is -2.06. The number of hydrogen-bond acceptors (Lipinski definition) is 3. The summed E-state index contributed by atoms with van der Waals surface area (Å²) < 4.78 is 18.5. The van der Waals surface area contributed by atoms with Crippen molar-refractivity contribution in [2.45, 2.75) is 0 Å². The van der Waals surface area contributed by atoms with Gasteiger partial charge in [0.1, 0.15) is 0 Å². The molecular formula is C13H8Cl2FNO2. The molecule has 0 amide bonds. The van der Waals surface area contributed by atoms with E-state index in [2.05, 4.69) is 9.72 Å². The number of pyridine rings is 1. The van der Waals surface area contributed by atoms with Crippen molar-refractivity contribution in [3.63, 3.8) is 0 Å². The molecule has 98 valence electrons. The van der Waals surface area contributed by atoms with Gasteiger partial charge < -0.3 is 4.74 Å². The number of ether oxygens (including phenoxy) is 1. The van der Waals surface area contributed by atoms with Crippen molar-refractivity contribution >= 4 is 29.2 Å². The SMILES string of the molecule is COC(=O)c1ccnc(F)c1-c1cc(Cl)ccc1Cl. The van der Waals surface area contributed by atoms with E-state index in [1.54, 1.807) is 6.07 Å². The third-order valence-corrected chi connectivity index (χ3v) is 3.07. The van der Waals surface area contributed by atoms with E-state index < -0.39 is 11.9 Å². The van der Waals surface area contributed by atoms with Gasteiger partial charge in [0.05, 0.1) is 18.2 Å². The lowest BCUT2D eigenvalue weighted by Gasteiger charge is -2.10. The molecule has 6 heteroatoms. The van der Waals surface area contributed by atoms with Crippen LogP contribution in [0.15, 0.2) is 30.5 Å². The zero-order valence-corrected chi connectivity index (χ0v) is 11.3. The Kier molecular flexibility index (Phi) is 4.02. The minimum absolute atomic E-state index is 0.0261. The number of benzene rings is 1. The maximum absolute atomic E-state index is 13.9. The number of rotatable bonds is 2. The number of nitrogens with zero attached hydrogens (tertiary/aromatic N) is 1. The molecule has 0 aliphatic carbocycles. The molecular weight excluding hydrogens is 292 g/mol. The molecule has 0 saturated carbocycles. The Morgan fingerprint density at radius 2 is 2.05 bits per heavy atom. The number of esters is 1. The molecule has 1 aromatic heterocycles. The second kappa shape index (κ2) is 5.55. The highest BCUT2D eigenvalue weighted by Gasteiger charge is 2.20. The van der Waals surface area contributed by atoms with Crippen molar-refractivity contribution in [2.24, 2.45) is 0 Å². The third kappa shape index (κ3) is 2.69. The van der Waals surface area contributed by atoms with Crippen molar-refractivity contribution < 1.29 is 13.9 Å². The third-order valence-electron chi connectivity index (χ3n) is 2.51. The van der Waals surface area contributed by atoms with Gasteiger partial charge in [-0.3, -0.25) is 0 Å². The molecule has 3 nitrogen and oxygen atoms in total.